The fraction of sp³-hybridized carbons (Fsp3) is 0.545. The molecule has 1 aromatic heterocycles. The van der Waals surface area contributed by atoms with Gasteiger partial charge in [-0.1, -0.05) is 11.3 Å². The molecule has 0 spiro atoms. The predicted octanol–water partition coefficient (Wildman–Crippen LogP) is 1.95. The second-order valence-electron chi connectivity index (χ2n) is 4.27. The molecule has 1 amide bonds. The van der Waals surface area contributed by atoms with Crippen LogP contribution in [0.2, 0.25) is 0 Å². The lowest BCUT2D eigenvalue weighted by Gasteiger charge is -2.10. The van der Waals surface area contributed by atoms with Gasteiger partial charge in [-0.2, -0.15) is 0 Å². The van der Waals surface area contributed by atoms with Crippen molar-refractivity contribution in [3.05, 3.63) is 27.1 Å². The van der Waals surface area contributed by atoms with Crippen molar-refractivity contribution in [1.29, 1.82) is 0 Å². The van der Waals surface area contributed by atoms with Gasteiger partial charge in [-0.3, -0.25) is 14.9 Å². The highest BCUT2D eigenvalue weighted by Crippen LogP contribution is 2.22. The molecular formula is C11H16ClN3O3S. The zero-order valence-corrected chi connectivity index (χ0v) is 11.9. The SMILES string of the molecule is Cl.O=C(NCC[C@H]1CCCN1)c1csc([N+](=O)[O-])c1. The lowest BCUT2D eigenvalue weighted by Crippen LogP contribution is -2.30. The summed E-state index contributed by atoms with van der Waals surface area (Å²) in [6.07, 6.45) is 3.24. The summed E-state index contributed by atoms with van der Waals surface area (Å²) in [7, 11) is 0. The highest BCUT2D eigenvalue weighted by atomic mass is 35.5. The Balaban J connectivity index is 0.00000180. The van der Waals surface area contributed by atoms with Gasteiger partial charge in [-0.05, 0) is 25.8 Å². The Morgan fingerprint density at radius 3 is 3.00 bits per heavy atom. The lowest BCUT2D eigenvalue weighted by molar-refractivity contribution is -0.380. The molecular weight excluding hydrogens is 290 g/mol. The third-order valence-corrected chi connectivity index (χ3v) is 3.85. The summed E-state index contributed by atoms with van der Waals surface area (Å²) in [6.45, 7) is 1.65. The normalized spacial score (nSPS) is 17.8. The van der Waals surface area contributed by atoms with Crippen LogP contribution < -0.4 is 10.6 Å². The minimum atomic E-state index is -0.482. The van der Waals surface area contributed by atoms with E-state index in [9.17, 15) is 14.9 Å². The second kappa shape index (κ2) is 7.42. The van der Waals surface area contributed by atoms with Crippen LogP contribution in [0, 0.1) is 10.1 Å². The van der Waals surface area contributed by atoms with E-state index < -0.39 is 4.92 Å². The smallest absolute Gasteiger partial charge is 0.324 e. The van der Waals surface area contributed by atoms with Crippen molar-refractivity contribution in [2.75, 3.05) is 13.1 Å². The number of halogens is 1. The van der Waals surface area contributed by atoms with Gasteiger partial charge in [0.2, 0.25) is 0 Å². The summed E-state index contributed by atoms with van der Waals surface area (Å²) in [6, 6.07) is 1.80. The number of thiophene rings is 1. The molecule has 106 valence electrons. The standard InChI is InChI=1S/C11H15N3O3S.ClH/c15-11(8-6-10(14(16)17)18-7-8)13-5-3-9-2-1-4-12-9;/h6-7,9,12H,1-5H2,(H,13,15);1H/t9-;/m1./s1. The number of nitrogens with one attached hydrogen (secondary N) is 2. The molecule has 0 aromatic carbocycles. The summed E-state index contributed by atoms with van der Waals surface area (Å²) >= 11 is 0.972. The maximum atomic E-state index is 11.7. The molecule has 1 aromatic rings. The average molecular weight is 306 g/mol. The molecule has 6 nitrogen and oxygen atoms in total. The number of carbonyl (C=O) groups is 1. The van der Waals surface area contributed by atoms with Crippen molar-refractivity contribution in [3.63, 3.8) is 0 Å². The molecule has 1 saturated heterocycles. The molecule has 0 saturated carbocycles. The van der Waals surface area contributed by atoms with Gasteiger partial charge in [0.1, 0.15) is 0 Å². The average Bonchev–Trinajstić information content (AvgIpc) is 2.99. The summed E-state index contributed by atoms with van der Waals surface area (Å²) in [5, 5.41) is 18.1. The number of nitrogens with zero attached hydrogens (tertiary/aromatic N) is 1. The molecule has 0 radical (unpaired) electrons. The van der Waals surface area contributed by atoms with E-state index in [1.807, 2.05) is 0 Å². The van der Waals surface area contributed by atoms with Crippen LogP contribution in [0.1, 0.15) is 29.6 Å². The Labute approximate surface area is 121 Å². The highest BCUT2D eigenvalue weighted by molar-refractivity contribution is 7.13. The number of amides is 1. The molecule has 1 fully saturated rings. The number of rotatable bonds is 5. The van der Waals surface area contributed by atoms with E-state index in [0.717, 1.165) is 30.7 Å². The lowest BCUT2D eigenvalue weighted by atomic mass is 10.1. The van der Waals surface area contributed by atoms with Crippen LogP contribution in [-0.2, 0) is 0 Å². The Morgan fingerprint density at radius 2 is 2.42 bits per heavy atom. The van der Waals surface area contributed by atoms with Crippen LogP contribution >= 0.6 is 23.7 Å². The van der Waals surface area contributed by atoms with E-state index in [0.29, 0.717) is 18.2 Å². The van der Waals surface area contributed by atoms with Crippen LogP contribution in [0.3, 0.4) is 0 Å². The molecule has 1 aliphatic rings. The van der Waals surface area contributed by atoms with Crippen LogP contribution in [0.25, 0.3) is 0 Å². The third-order valence-electron chi connectivity index (χ3n) is 2.97. The van der Waals surface area contributed by atoms with Crippen molar-refractivity contribution < 1.29 is 9.72 Å². The van der Waals surface area contributed by atoms with E-state index in [1.165, 1.54) is 17.9 Å². The summed E-state index contributed by atoms with van der Waals surface area (Å²) in [5.41, 5.74) is 0.367. The zero-order valence-electron chi connectivity index (χ0n) is 10.3. The van der Waals surface area contributed by atoms with Gasteiger partial charge in [0.05, 0.1) is 10.5 Å². The van der Waals surface area contributed by atoms with Crippen LogP contribution in [0.15, 0.2) is 11.4 Å². The van der Waals surface area contributed by atoms with Gasteiger partial charge in [0.15, 0.2) is 0 Å². The van der Waals surface area contributed by atoms with E-state index in [2.05, 4.69) is 10.6 Å². The van der Waals surface area contributed by atoms with Crippen molar-refractivity contribution in [1.82, 2.24) is 10.6 Å². The van der Waals surface area contributed by atoms with Crippen molar-refractivity contribution in [3.8, 4) is 0 Å². The molecule has 2 heterocycles. The fourth-order valence-electron chi connectivity index (χ4n) is 2.00. The maximum absolute atomic E-state index is 11.7. The van der Waals surface area contributed by atoms with Gasteiger partial charge in [0, 0.05) is 24.0 Å². The first-order chi connectivity index (χ1) is 8.66. The number of hydrogen-bond acceptors (Lipinski definition) is 5. The third kappa shape index (κ3) is 4.45. The molecule has 2 rings (SSSR count). The molecule has 1 atom stereocenters. The van der Waals surface area contributed by atoms with Crippen LogP contribution in [0.4, 0.5) is 5.00 Å². The minimum Gasteiger partial charge on any atom is -0.352 e. The monoisotopic (exact) mass is 305 g/mol. The first kappa shape index (κ1) is 15.9. The largest absolute Gasteiger partial charge is 0.352 e. The van der Waals surface area contributed by atoms with E-state index in [1.54, 1.807) is 0 Å². The Morgan fingerprint density at radius 1 is 1.63 bits per heavy atom. The Bertz CT molecular complexity index is 446. The molecule has 1 aliphatic heterocycles. The maximum Gasteiger partial charge on any atom is 0.324 e. The molecule has 8 heteroatoms. The van der Waals surface area contributed by atoms with E-state index in [4.69, 9.17) is 0 Å². The van der Waals surface area contributed by atoms with E-state index in [-0.39, 0.29) is 23.3 Å². The summed E-state index contributed by atoms with van der Waals surface area (Å²) in [4.78, 5) is 21.7. The quantitative estimate of drug-likeness (QED) is 0.643. The van der Waals surface area contributed by atoms with Crippen molar-refractivity contribution >= 4 is 34.7 Å². The minimum absolute atomic E-state index is 0. The Kier molecular flexibility index (Phi) is 6.20. The first-order valence-electron chi connectivity index (χ1n) is 5.91. The fourth-order valence-corrected chi connectivity index (χ4v) is 2.71. The van der Waals surface area contributed by atoms with E-state index >= 15 is 0 Å². The Hall–Kier alpha value is -1.18. The predicted molar refractivity (Wildman–Crippen MR) is 76.2 cm³/mol. The number of carbonyl (C=O) groups excluding carboxylic acids is 1. The molecule has 0 aliphatic carbocycles. The highest BCUT2D eigenvalue weighted by Gasteiger charge is 2.16. The second-order valence-corrected chi connectivity index (χ2v) is 5.16. The number of nitro groups is 1. The van der Waals surface area contributed by atoms with Gasteiger partial charge in [-0.15, -0.1) is 12.4 Å². The first-order valence-corrected chi connectivity index (χ1v) is 6.79. The topological polar surface area (TPSA) is 84.3 Å². The molecule has 0 bridgehead atoms. The van der Waals surface area contributed by atoms with Gasteiger partial charge in [0.25, 0.3) is 5.91 Å². The molecule has 0 unspecified atom stereocenters. The van der Waals surface area contributed by atoms with Gasteiger partial charge >= 0.3 is 5.00 Å². The van der Waals surface area contributed by atoms with Crippen molar-refractivity contribution in [2.45, 2.75) is 25.3 Å². The van der Waals surface area contributed by atoms with Crippen LogP contribution in [0.5, 0.6) is 0 Å². The molecule has 2 N–H and O–H groups in total. The van der Waals surface area contributed by atoms with Gasteiger partial charge in [-0.25, -0.2) is 0 Å². The number of hydrogen-bond donors (Lipinski definition) is 2. The molecule has 19 heavy (non-hydrogen) atoms. The van der Waals surface area contributed by atoms with Crippen LogP contribution in [-0.4, -0.2) is 30.0 Å². The summed E-state index contributed by atoms with van der Waals surface area (Å²) < 4.78 is 0. The summed E-state index contributed by atoms with van der Waals surface area (Å²) in [5.74, 6) is -0.239. The van der Waals surface area contributed by atoms with Gasteiger partial charge < -0.3 is 10.6 Å². The van der Waals surface area contributed by atoms with Crippen molar-refractivity contribution in [2.24, 2.45) is 0 Å². The zero-order chi connectivity index (χ0) is 13.0.